The van der Waals surface area contributed by atoms with E-state index in [2.05, 4.69) is 12.2 Å². The molecule has 2 unspecified atom stereocenters. The first-order valence-corrected chi connectivity index (χ1v) is 9.38. The average molecular weight is 360 g/mol. The molecule has 2 amide bonds. The van der Waals surface area contributed by atoms with Crippen LogP contribution in [0.25, 0.3) is 0 Å². The lowest BCUT2D eigenvalue weighted by atomic mass is 10.0. The minimum atomic E-state index is -0.966. The number of aliphatic carboxylic acids is 1. The highest BCUT2D eigenvalue weighted by Crippen LogP contribution is 2.22. The topological polar surface area (TPSA) is 86.7 Å². The maximum Gasteiger partial charge on any atom is 0.326 e. The van der Waals surface area contributed by atoms with Crippen LogP contribution < -0.4 is 5.32 Å². The number of unbranched alkanes of at least 4 members (excludes halogenated alkanes) is 1. The predicted octanol–water partition coefficient (Wildman–Crippen LogP) is 3.53. The number of anilines is 1. The summed E-state index contributed by atoms with van der Waals surface area (Å²) in [6, 6.07) is 5.96. The lowest BCUT2D eigenvalue weighted by molar-refractivity contribution is -0.143. The van der Waals surface area contributed by atoms with Crippen LogP contribution in [0.2, 0.25) is 0 Å². The molecule has 142 valence electrons. The third kappa shape index (κ3) is 5.07. The van der Waals surface area contributed by atoms with Crippen molar-refractivity contribution in [3.05, 3.63) is 29.8 Å². The van der Waals surface area contributed by atoms with Gasteiger partial charge in [0.1, 0.15) is 6.04 Å². The molecule has 0 radical (unpaired) electrons. The van der Waals surface area contributed by atoms with E-state index in [1.807, 2.05) is 6.92 Å². The number of carbonyl (C=O) groups is 3. The Hall–Kier alpha value is -2.37. The van der Waals surface area contributed by atoms with Crippen LogP contribution in [-0.2, 0) is 9.59 Å². The maximum atomic E-state index is 12.8. The summed E-state index contributed by atoms with van der Waals surface area (Å²) in [5.41, 5.74) is 0.963. The molecule has 1 aliphatic rings. The van der Waals surface area contributed by atoms with Gasteiger partial charge in [0.05, 0.1) is 0 Å². The molecule has 0 aromatic heterocycles. The lowest BCUT2D eigenvalue weighted by Crippen LogP contribution is -2.48. The Morgan fingerprint density at radius 1 is 1.31 bits per heavy atom. The predicted molar refractivity (Wildman–Crippen MR) is 100 cm³/mol. The zero-order chi connectivity index (χ0) is 19.1. The van der Waals surface area contributed by atoms with E-state index in [1.165, 1.54) is 4.90 Å². The fourth-order valence-corrected chi connectivity index (χ4v) is 3.23. The number of carboxylic acids is 1. The third-order valence-electron chi connectivity index (χ3n) is 4.86. The maximum absolute atomic E-state index is 12.8. The molecule has 1 saturated heterocycles. The fourth-order valence-electron chi connectivity index (χ4n) is 3.23. The second kappa shape index (κ2) is 9.36. The van der Waals surface area contributed by atoms with Gasteiger partial charge in [0.15, 0.2) is 0 Å². The SMILES string of the molecule is CCCCC(C)C(=O)Nc1cccc(C(=O)N2CCCCC2C(=O)O)c1. The first-order chi connectivity index (χ1) is 12.4. The first kappa shape index (κ1) is 19.9. The van der Waals surface area contributed by atoms with Gasteiger partial charge in [-0.15, -0.1) is 0 Å². The van der Waals surface area contributed by atoms with E-state index in [-0.39, 0.29) is 17.7 Å². The molecule has 2 N–H and O–H groups in total. The first-order valence-electron chi connectivity index (χ1n) is 9.38. The number of likely N-dealkylation sites (tertiary alicyclic amines) is 1. The number of carbonyl (C=O) groups excluding carboxylic acids is 2. The Kier molecular flexibility index (Phi) is 7.18. The van der Waals surface area contributed by atoms with E-state index >= 15 is 0 Å². The molecule has 1 fully saturated rings. The Morgan fingerprint density at radius 2 is 2.08 bits per heavy atom. The van der Waals surface area contributed by atoms with Crippen molar-refractivity contribution in [3.8, 4) is 0 Å². The molecule has 0 bridgehead atoms. The van der Waals surface area contributed by atoms with Gasteiger partial charge in [0, 0.05) is 23.7 Å². The van der Waals surface area contributed by atoms with Crippen LogP contribution in [0, 0.1) is 5.92 Å². The summed E-state index contributed by atoms with van der Waals surface area (Å²) in [7, 11) is 0. The summed E-state index contributed by atoms with van der Waals surface area (Å²) < 4.78 is 0. The molecule has 6 heteroatoms. The number of nitrogens with zero attached hydrogens (tertiary/aromatic N) is 1. The molecule has 26 heavy (non-hydrogen) atoms. The van der Waals surface area contributed by atoms with Crippen molar-refractivity contribution in [2.45, 2.75) is 58.4 Å². The normalized spacial score (nSPS) is 18.2. The number of benzene rings is 1. The number of hydrogen-bond acceptors (Lipinski definition) is 3. The van der Waals surface area contributed by atoms with Gasteiger partial charge in [0.25, 0.3) is 5.91 Å². The molecular weight excluding hydrogens is 332 g/mol. The van der Waals surface area contributed by atoms with Crippen LogP contribution in [0.15, 0.2) is 24.3 Å². The smallest absolute Gasteiger partial charge is 0.326 e. The summed E-state index contributed by atoms with van der Waals surface area (Å²) in [5, 5.41) is 12.2. The van der Waals surface area contributed by atoms with E-state index in [4.69, 9.17) is 0 Å². The van der Waals surface area contributed by atoms with Crippen molar-refractivity contribution >= 4 is 23.5 Å². The molecule has 0 saturated carbocycles. The zero-order valence-corrected chi connectivity index (χ0v) is 15.5. The quantitative estimate of drug-likeness (QED) is 0.779. The van der Waals surface area contributed by atoms with Gasteiger partial charge in [-0.2, -0.15) is 0 Å². The van der Waals surface area contributed by atoms with Crippen LogP contribution in [0.4, 0.5) is 5.69 Å². The Balaban J connectivity index is 2.09. The number of amides is 2. The molecule has 1 aromatic rings. The van der Waals surface area contributed by atoms with Crippen LogP contribution in [0.1, 0.15) is 62.7 Å². The molecule has 0 aliphatic carbocycles. The van der Waals surface area contributed by atoms with Crippen molar-refractivity contribution in [2.24, 2.45) is 5.92 Å². The van der Waals surface area contributed by atoms with Gasteiger partial charge in [-0.25, -0.2) is 4.79 Å². The monoisotopic (exact) mass is 360 g/mol. The van der Waals surface area contributed by atoms with Crippen LogP contribution >= 0.6 is 0 Å². The minimum Gasteiger partial charge on any atom is -0.480 e. The van der Waals surface area contributed by atoms with Crippen molar-refractivity contribution in [1.82, 2.24) is 4.90 Å². The standard InChI is InChI=1S/C20H28N2O4/c1-3-4-8-14(2)18(23)21-16-10-7-9-15(13-16)19(24)22-12-6-5-11-17(22)20(25)26/h7,9-10,13-14,17H,3-6,8,11-12H2,1-2H3,(H,21,23)(H,25,26). The van der Waals surface area contributed by atoms with Crippen molar-refractivity contribution in [2.75, 3.05) is 11.9 Å². The minimum absolute atomic E-state index is 0.0653. The van der Waals surface area contributed by atoms with E-state index in [0.717, 1.165) is 32.1 Å². The van der Waals surface area contributed by atoms with Gasteiger partial charge in [-0.05, 0) is 43.9 Å². The number of carboxylic acid groups (broad SMARTS) is 1. The molecule has 6 nitrogen and oxygen atoms in total. The fraction of sp³-hybridized carbons (Fsp3) is 0.550. The van der Waals surface area contributed by atoms with Gasteiger partial charge in [0.2, 0.25) is 5.91 Å². The average Bonchev–Trinajstić information content (AvgIpc) is 2.65. The van der Waals surface area contributed by atoms with Gasteiger partial charge in [-0.1, -0.05) is 32.8 Å². The highest BCUT2D eigenvalue weighted by molar-refractivity contribution is 5.99. The molecule has 2 rings (SSSR count). The second-order valence-corrected chi connectivity index (χ2v) is 6.96. The molecule has 2 atom stereocenters. The third-order valence-corrected chi connectivity index (χ3v) is 4.86. The van der Waals surface area contributed by atoms with Crippen molar-refractivity contribution in [1.29, 1.82) is 0 Å². The summed E-state index contributed by atoms with van der Waals surface area (Å²) in [6.45, 7) is 4.43. The second-order valence-electron chi connectivity index (χ2n) is 6.96. The van der Waals surface area contributed by atoms with Crippen LogP contribution in [0.3, 0.4) is 0 Å². The largest absolute Gasteiger partial charge is 0.480 e. The van der Waals surface area contributed by atoms with Crippen LogP contribution in [0.5, 0.6) is 0 Å². The highest BCUT2D eigenvalue weighted by atomic mass is 16.4. The molecule has 0 spiro atoms. The van der Waals surface area contributed by atoms with Gasteiger partial charge < -0.3 is 15.3 Å². The Labute approximate surface area is 154 Å². The zero-order valence-electron chi connectivity index (χ0n) is 15.5. The highest BCUT2D eigenvalue weighted by Gasteiger charge is 2.32. The Bertz CT molecular complexity index is 659. The van der Waals surface area contributed by atoms with Crippen molar-refractivity contribution < 1.29 is 19.5 Å². The molecule has 1 heterocycles. The van der Waals surface area contributed by atoms with Gasteiger partial charge >= 0.3 is 5.97 Å². The van der Waals surface area contributed by atoms with E-state index in [9.17, 15) is 19.5 Å². The van der Waals surface area contributed by atoms with Crippen molar-refractivity contribution in [3.63, 3.8) is 0 Å². The number of hydrogen-bond donors (Lipinski definition) is 2. The molecule has 1 aliphatic heterocycles. The van der Waals surface area contributed by atoms with Gasteiger partial charge in [-0.3, -0.25) is 9.59 Å². The number of rotatable bonds is 7. The number of piperidine rings is 1. The molecule has 1 aromatic carbocycles. The van der Waals surface area contributed by atoms with E-state index in [1.54, 1.807) is 24.3 Å². The summed E-state index contributed by atoms with van der Waals surface area (Å²) in [6.07, 6.45) is 4.97. The summed E-state index contributed by atoms with van der Waals surface area (Å²) >= 11 is 0. The lowest BCUT2D eigenvalue weighted by Gasteiger charge is -2.33. The van der Waals surface area contributed by atoms with E-state index in [0.29, 0.717) is 24.2 Å². The summed E-state index contributed by atoms with van der Waals surface area (Å²) in [5.74, 6) is -1.42. The van der Waals surface area contributed by atoms with Crippen LogP contribution in [-0.4, -0.2) is 40.4 Å². The van der Waals surface area contributed by atoms with E-state index < -0.39 is 12.0 Å². The molecular formula is C20H28N2O4. The number of nitrogens with one attached hydrogen (secondary N) is 1. The summed E-state index contributed by atoms with van der Waals surface area (Å²) in [4.78, 5) is 37.9. The Morgan fingerprint density at radius 3 is 2.77 bits per heavy atom.